The van der Waals surface area contributed by atoms with Gasteiger partial charge in [0.05, 0.1) is 11.2 Å². The summed E-state index contributed by atoms with van der Waals surface area (Å²) in [6.45, 7) is 9.18. The lowest BCUT2D eigenvalue weighted by atomic mass is 10.2. The van der Waals surface area contributed by atoms with Gasteiger partial charge in [0.25, 0.3) is 0 Å². The van der Waals surface area contributed by atoms with Gasteiger partial charge in [-0.1, -0.05) is 27.7 Å². The van der Waals surface area contributed by atoms with Crippen molar-refractivity contribution < 1.29 is 12.8 Å². The third kappa shape index (κ3) is 4.45. The van der Waals surface area contributed by atoms with Gasteiger partial charge in [-0.2, -0.15) is 4.31 Å². The molecule has 0 fully saturated rings. The van der Waals surface area contributed by atoms with E-state index in [1.54, 1.807) is 34.8 Å². The Morgan fingerprint density at radius 2 is 1.52 bits per heavy atom. The van der Waals surface area contributed by atoms with Crippen LogP contribution in [0.5, 0.6) is 0 Å². The second-order valence-electron chi connectivity index (χ2n) is 6.61. The van der Waals surface area contributed by atoms with E-state index in [0.29, 0.717) is 18.0 Å². The summed E-state index contributed by atoms with van der Waals surface area (Å²) >= 11 is 0. The molecule has 0 atom stereocenters. The second kappa shape index (κ2) is 7.32. The first-order valence-corrected chi connectivity index (χ1v) is 9.38. The molecular formula is C18H25NO3S. The fraction of sp³-hybridized carbons (Fsp3) is 0.444. The molecule has 1 aromatic heterocycles. The van der Waals surface area contributed by atoms with Crippen molar-refractivity contribution in [1.29, 1.82) is 0 Å². The van der Waals surface area contributed by atoms with E-state index in [9.17, 15) is 8.42 Å². The first-order chi connectivity index (χ1) is 10.8. The summed E-state index contributed by atoms with van der Waals surface area (Å²) in [4.78, 5) is 0.328. The molecule has 0 spiro atoms. The number of benzene rings is 1. The summed E-state index contributed by atoms with van der Waals surface area (Å²) in [6.07, 6.45) is 1.60. The molecule has 2 rings (SSSR count). The van der Waals surface area contributed by atoms with Crippen LogP contribution < -0.4 is 0 Å². The maximum absolute atomic E-state index is 12.9. The van der Waals surface area contributed by atoms with Crippen molar-refractivity contribution in [3.05, 3.63) is 42.7 Å². The van der Waals surface area contributed by atoms with Crippen LogP contribution in [0.15, 0.2) is 52.0 Å². The average Bonchev–Trinajstić information content (AvgIpc) is 3.00. The van der Waals surface area contributed by atoms with Crippen LogP contribution in [-0.4, -0.2) is 25.8 Å². The largest absolute Gasteiger partial charge is 0.464 e. The normalized spacial score (nSPS) is 12.5. The van der Waals surface area contributed by atoms with Crippen molar-refractivity contribution >= 4 is 10.0 Å². The molecule has 0 amide bonds. The summed E-state index contributed by atoms with van der Waals surface area (Å²) in [5, 5.41) is 0. The van der Waals surface area contributed by atoms with E-state index in [0.717, 1.165) is 11.3 Å². The lowest BCUT2D eigenvalue weighted by molar-refractivity contribution is 0.333. The first-order valence-electron chi connectivity index (χ1n) is 7.94. The van der Waals surface area contributed by atoms with Gasteiger partial charge in [0, 0.05) is 18.7 Å². The first kappa shape index (κ1) is 17.8. The van der Waals surface area contributed by atoms with E-state index < -0.39 is 10.0 Å². The molecule has 1 heterocycles. The number of rotatable bonds is 7. The van der Waals surface area contributed by atoms with Gasteiger partial charge in [-0.3, -0.25) is 0 Å². The van der Waals surface area contributed by atoms with Gasteiger partial charge >= 0.3 is 0 Å². The molecule has 0 saturated carbocycles. The van der Waals surface area contributed by atoms with Crippen LogP contribution in [0.4, 0.5) is 0 Å². The van der Waals surface area contributed by atoms with Crippen LogP contribution in [0, 0.1) is 11.8 Å². The van der Waals surface area contributed by atoms with E-state index in [-0.39, 0.29) is 11.8 Å². The van der Waals surface area contributed by atoms with E-state index in [1.165, 1.54) is 0 Å². The van der Waals surface area contributed by atoms with Crippen molar-refractivity contribution in [1.82, 2.24) is 4.31 Å². The van der Waals surface area contributed by atoms with E-state index in [4.69, 9.17) is 4.42 Å². The van der Waals surface area contributed by atoms with Gasteiger partial charge in [0.1, 0.15) is 5.76 Å². The lowest BCUT2D eigenvalue weighted by Gasteiger charge is -2.25. The molecule has 2 aromatic rings. The van der Waals surface area contributed by atoms with Crippen LogP contribution in [0.2, 0.25) is 0 Å². The Kier molecular flexibility index (Phi) is 5.65. The smallest absolute Gasteiger partial charge is 0.243 e. The molecular weight excluding hydrogens is 310 g/mol. The molecule has 0 aliphatic carbocycles. The summed E-state index contributed by atoms with van der Waals surface area (Å²) in [5.41, 5.74) is 0.869. The van der Waals surface area contributed by atoms with Crippen LogP contribution in [0.25, 0.3) is 11.3 Å². The molecule has 1 aromatic carbocycles. The molecule has 0 N–H and O–H groups in total. The molecule has 0 radical (unpaired) electrons. The minimum Gasteiger partial charge on any atom is -0.464 e. The molecule has 126 valence electrons. The van der Waals surface area contributed by atoms with Crippen molar-refractivity contribution in [2.24, 2.45) is 11.8 Å². The third-order valence-electron chi connectivity index (χ3n) is 3.44. The molecule has 0 unspecified atom stereocenters. The highest BCUT2D eigenvalue weighted by molar-refractivity contribution is 7.89. The predicted molar refractivity (Wildman–Crippen MR) is 92.6 cm³/mol. The summed E-state index contributed by atoms with van der Waals surface area (Å²) in [7, 11) is -3.47. The predicted octanol–water partition coefficient (Wildman–Crippen LogP) is 4.25. The second-order valence-corrected chi connectivity index (χ2v) is 8.55. The Bertz CT molecular complexity index is 691. The minimum atomic E-state index is -3.47. The fourth-order valence-electron chi connectivity index (χ4n) is 2.47. The van der Waals surface area contributed by atoms with Crippen molar-refractivity contribution in [2.75, 3.05) is 13.1 Å². The maximum Gasteiger partial charge on any atom is 0.243 e. The molecule has 0 bridgehead atoms. The van der Waals surface area contributed by atoms with Gasteiger partial charge in [0.15, 0.2) is 0 Å². The van der Waals surface area contributed by atoms with E-state index in [2.05, 4.69) is 0 Å². The Balaban J connectivity index is 2.29. The SMILES string of the molecule is CC(C)CN(CC(C)C)S(=O)(=O)c1ccc(-c2ccco2)cc1. The van der Waals surface area contributed by atoms with Crippen molar-refractivity contribution in [2.45, 2.75) is 32.6 Å². The highest BCUT2D eigenvalue weighted by atomic mass is 32.2. The zero-order valence-corrected chi connectivity index (χ0v) is 15.0. The number of hydrogen-bond donors (Lipinski definition) is 0. The number of sulfonamides is 1. The Labute approximate surface area is 139 Å². The van der Waals surface area contributed by atoms with Gasteiger partial charge in [-0.05, 0) is 48.2 Å². The number of hydrogen-bond acceptors (Lipinski definition) is 3. The average molecular weight is 335 g/mol. The highest BCUT2D eigenvalue weighted by Crippen LogP contribution is 2.24. The topological polar surface area (TPSA) is 50.5 Å². The monoisotopic (exact) mass is 335 g/mol. The van der Waals surface area contributed by atoms with Gasteiger partial charge in [-0.15, -0.1) is 0 Å². The minimum absolute atomic E-state index is 0.283. The Morgan fingerprint density at radius 3 is 1.96 bits per heavy atom. The van der Waals surface area contributed by atoms with Crippen LogP contribution in [0.1, 0.15) is 27.7 Å². The summed E-state index contributed by atoms with van der Waals surface area (Å²) in [6, 6.07) is 10.5. The molecule has 4 nitrogen and oxygen atoms in total. The number of furan rings is 1. The van der Waals surface area contributed by atoms with Crippen molar-refractivity contribution in [3.63, 3.8) is 0 Å². The number of nitrogens with zero attached hydrogens (tertiary/aromatic N) is 1. The van der Waals surface area contributed by atoms with Crippen LogP contribution in [0.3, 0.4) is 0 Å². The Hall–Kier alpha value is -1.59. The van der Waals surface area contributed by atoms with Gasteiger partial charge in [0.2, 0.25) is 10.0 Å². The van der Waals surface area contributed by atoms with E-state index >= 15 is 0 Å². The van der Waals surface area contributed by atoms with E-state index in [1.807, 2.05) is 39.8 Å². The van der Waals surface area contributed by atoms with Gasteiger partial charge < -0.3 is 4.42 Å². The van der Waals surface area contributed by atoms with Crippen LogP contribution in [-0.2, 0) is 10.0 Å². The zero-order chi connectivity index (χ0) is 17.0. The fourth-order valence-corrected chi connectivity index (χ4v) is 4.24. The Morgan fingerprint density at radius 1 is 0.957 bits per heavy atom. The quantitative estimate of drug-likeness (QED) is 0.760. The summed E-state index contributed by atoms with van der Waals surface area (Å²) in [5.74, 6) is 1.30. The third-order valence-corrected chi connectivity index (χ3v) is 5.28. The molecule has 0 saturated heterocycles. The highest BCUT2D eigenvalue weighted by Gasteiger charge is 2.25. The van der Waals surface area contributed by atoms with Crippen LogP contribution >= 0.6 is 0 Å². The van der Waals surface area contributed by atoms with Gasteiger partial charge in [-0.25, -0.2) is 8.42 Å². The molecule has 0 aliphatic heterocycles. The lowest BCUT2D eigenvalue weighted by Crippen LogP contribution is -2.37. The molecule has 23 heavy (non-hydrogen) atoms. The van der Waals surface area contributed by atoms with Crippen molar-refractivity contribution in [3.8, 4) is 11.3 Å². The molecule has 0 aliphatic rings. The standard InChI is InChI=1S/C18H25NO3S/c1-14(2)12-19(13-15(3)4)23(20,21)17-9-7-16(8-10-17)18-6-5-11-22-18/h5-11,14-15H,12-13H2,1-4H3. The molecule has 5 heteroatoms. The zero-order valence-electron chi connectivity index (χ0n) is 14.2. The summed E-state index contributed by atoms with van der Waals surface area (Å²) < 4.78 is 32.7. The maximum atomic E-state index is 12.9.